The molecule has 0 N–H and O–H groups in total. The Labute approximate surface area is 84.1 Å². The first-order chi connectivity index (χ1) is 6.86. The van der Waals surface area contributed by atoms with Gasteiger partial charge in [0.2, 0.25) is 0 Å². The van der Waals surface area contributed by atoms with Gasteiger partial charge in [-0.1, -0.05) is 37.8 Å². The van der Waals surface area contributed by atoms with Crippen molar-refractivity contribution in [2.24, 2.45) is 0 Å². The second-order valence-corrected chi connectivity index (χ2v) is 3.27. The van der Waals surface area contributed by atoms with Crippen LogP contribution in [-0.2, 0) is 6.42 Å². The molecule has 1 heterocycles. The maximum atomic E-state index is 4.41. The van der Waals surface area contributed by atoms with E-state index in [1.54, 1.807) is 0 Å². The van der Waals surface area contributed by atoms with Crippen LogP contribution in [0, 0.1) is 0 Å². The molecule has 0 unspecified atom stereocenters. The largest absolute Gasteiger partial charge is 0.256 e. The molecule has 0 radical (unpaired) electrons. The zero-order valence-electron chi connectivity index (χ0n) is 8.33. The molecular formula is C13H13N. The zero-order valence-corrected chi connectivity index (χ0v) is 8.33. The summed E-state index contributed by atoms with van der Waals surface area (Å²) in [4.78, 5) is 4.41. The number of aryl methyl sites for hydroxylation is 1. The van der Waals surface area contributed by atoms with Crippen molar-refractivity contribution in [2.45, 2.75) is 13.3 Å². The highest BCUT2D eigenvalue weighted by Gasteiger charge is 2.02. The maximum absolute atomic E-state index is 4.41. The Morgan fingerprint density at radius 1 is 1.36 bits per heavy atom. The lowest BCUT2D eigenvalue weighted by molar-refractivity contribution is 1.14. The minimum absolute atomic E-state index is 1.02. The van der Waals surface area contributed by atoms with Crippen LogP contribution in [-0.4, -0.2) is 4.98 Å². The Morgan fingerprint density at radius 2 is 2.21 bits per heavy atom. The maximum Gasteiger partial charge on any atom is 0.0739 e. The van der Waals surface area contributed by atoms with E-state index in [4.69, 9.17) is 0 Å². The van der Waals surface area contributed by atoms with E-state index in [1.807, 2.05) is 18.3 Å². The van der Waals surface area contributed by atoms with Gasteiger partial charge in [-0.2, -0.15) is 0 Å². The molecule has 0 atom stereocenters. The van der Waals surface area contributed by atoms with Crippen LogP contribution in [0.1, 0.15) is 18.1 Å². The van der Waals surface area contributed by atoms with Gasteiger partial charge >= 0.3 is 0 Å². The van der Waals surface area contributed by atoms with Crippen LogP contribution >= 0.6 is 0 Å². The Bertz CT molecular complexity index is 472. The Kier molecular flexibility index (Phi) is 2.32. The van der Waals surface area contributed by atoms with Gasteiger partial charge in [-0.25, -0.2) is 0 Å². The van der Waals surface area contributed by atoms with E-state index >= 15 is 0 Å². The monoisotopic (exact) mass is 183 g/mol. The van der Waals surface area contributed by atoms with Gasteiger partial charge in [-0.15, -0.1) is 0 Å². The highest BCUT2D eigenvalue weighted by molar-refractivity contribution is 5.89. The predicted molar refractivity (Wildman–Crippen MR) is 61.2 cm³/mol. The van der Waals surface area contributed by atoms with Crippen LogP contribution in [0.3, 0.4) is 0 Å². The highest BCUT2D eigenvalue weighted by atomic mass is 14.6. The van der Waals surface area contributed by atoms with Gasteiger partial charge < -0.3 is 0 Å². The number of nitrogens with zero attached hydrogens (tertiary/aromatic N) is 1. The number of aromatic nitrogens is 1. The van der Waals surface area contributed by atoms with Crippen molar-refractivity contribution < 1.29 is 0 Å². The summed E-state index contributed by atoms with van der Waals surface area (Å²) in [6, 6.07) is 8.30. The van der Waals surface area contributed by atoms with Gasteiger partial charge in [-0.05, 0) is 23.6 Å². The standard InChI is InChI=1S/C13H13N/c1-3-10-7-8-11(4-2)13-12(10)6-5-9-14-13/h3,5-9H,1,4H2,2H3. The summed E-state index contributed by atoms with van der Waals surface area (Å²) in [5, 5.41) is 1.20. The molecule has 0 spiro atoms. The van der Waals surface area contributed by atoms with Gasteiger partial charge in [-0.3, -0.25) is 4.98 Å². The fourth-order valence-corrected chi connectivity index (χ4v) is 1.72. The van der Waals surface area contributed by atoms with E-state index in [9.17, 15) is 0 Å². The van der Waals surface area contributed by atoms with Crippen molar-refractivity contribution >= 4 is 17.0 Å². The molecular weight excluding hydrogens is 170 g/mol. The van der Waals surface area contributed by atoms with Crippen molar-refractivity contribution in [1.29, 1.82) is 0 Å². The number of hydrogen-bond donors (Lipinski definition) is 0. The van der Waals surface area contributed by atoms with Crippen LogP contribution in [0.15, 0.2) is 37.0 Å². The molecule has 1 aromatic heterocycles. The van der Waals surface area contributed by atoms with Crippen LogP contribution in [0.25, 0.3) is 17.0 Å². The molecule has 0 aliphatic carbocycles. The number of hydrogen-bond acceptors (Lipinski definition) is 1. The number of fused-ring (bicyclic) bond motifs is 1. The van der Waals surface area contributed by atoms with Crippen molar-refractivity contribution in [3.63, 3.8) is 0 Å². The van der Waals surface area contributed by atoms with Crippen LogP contribution in [0.4, 0.5) is 0 Å². The molecule has 2 aromatic rings. The molecule has 1 aromatic carbocycles. The van der Waals surface area contributed by atoms with Crippen LogP contribution in [0.2, 0.25) is 0 Å². The quantitative estimate of drug-likeness (QED) is 0.695. The summed E-state index contributed by atoms with van der Waals surface area (Å²) in [5.41, 5.74) is 3.56. The highest BCUT2D eigenvalue weighted by Crippen LogP contribution is 2.21. The molecule has 14 heavy (non-hydrogen) atoms. The normalized spacial score (nSPS) is 10.4. The first-order valence-corrected chi connectivity index (χ1v) is 4.86. The second kappa shape index (κ2) is 3.62. The second-order valence-electron chi connectivity index (χ2n) is 3.27. The molecule has 0 saturated heterocycles. The fourth-order valence-electron chi connectivity index (χ4n) is 1.72. The topological polar surface area (TPSA) is 12.9 Å². The number of pyridine rings is 1. The van der Waals surface area contributed by atoms with Gasteiger partial charge in [0.25, 0.3) is 0 Å². The fraction of sp³-hybridized carbons (Fsp3) is 0.154. The summed E-state index contributed by atoms with van der Waals surface area (Å²) in [7, 11) is 0. The summed E-state index contributed by atoms with van der Waals surface area (Å²) in [6.45, 7) is 5.96. The lowest BCUT2D eigenvalue weighted by Gasteiger charge is -2.05. The van der Waals surface area contributed by atoms with E-state index < -0.39 is 0 Å². The Morgan fingerprint density at radius 3 is 2.93 bits per heavy atom. The molecule has 0 aliphatic rings. The zero-order chi connectivity index (χ0) is 9.97. The molecule has 0 aliphatic heterocycles. The molecule has 0 bridgehead atoms. The minimum Gasteiger partial charge on any atom is -0.256 e. The lowest BCUT2D eigenvalue weighted by atomic mass is 10.0. The molecule has 70 valence electrons. The van der Waals surface area contributed by atoms with E-state index in [1.165, 1.54) is 10.9 Å². The minimum atomic E-state index is 1.02. The first-order valence-electron chi connectivity index (χ1n) is 4.86. The van der Waals surface area contributed by atoms with E-state index in [0.29, 0.717) is 0 Å². The third-order valence-corrected chi connectivity index (χ3v) is 2.49. The third kappa shape index (κ3) is 1.31. The summed E-state index contributed by atoms with van der Waals surface area (Å²) < 4.78 is 0. The molecule has 0 saturated carbocycles. The Balaban J connectivity index is 2.84. The molecule has 1 heteroatoms. The van der Waals surface area contributed by atoms with Crippen molar-refractivity contribution in [2.75, 3.05) is 0 Å². The SMILES string of the molecule is C=Cc1ccc(CC)c2ncccc12. The number of rotatable bonds is 2. The summed E-state index contributed by atoms with van der Waals surface area (Å²) in [5.74, 6) is 0. The van der Waals surface area contributed by atoms with Gasteiger partial charge in [0.15, 0.2) is 0 Å². The van der Waals surface area contributed by atoms with Crippen LogP contribution < -0.4 is 0 Å². The third-order valence-electron chi connectivity index (χ3n) is 2.49. The summed E-state index contributed by atoms with van der Waals surface area (Å²) in [6.07, 6.45) is 4.74. The van der Waals surface area contributed by atoms with E-state index in [2.05, 4.69) is 36.7 Å². The summed E-state index contributed by atoms with van der Waals surface area (Å²) >= 11 is 0. The van der Waals surface area contributed by atoms with Crippen molar-refractivity contribution in [3.8, 4) is 0 Å². The predicted octanol–water partition coefficient (Wildman–Crippen LogP) is 3.44. The Hall–Kier alpha value is -1.63. The van der Waals surface area contributed by atoms with Gasteiger partial charge in [0.1, 0.15) is 0 Å². The van der Waals surface area contributed by atoms with Crippen LogP contribution in [0.5, 0.6) is 0 Å². The average Bonchev–Trinajstić information content (AvgIpc) is 2.27. The van der Waals surface area contributed by atoms with Gasteiger partial charge in [0.05, 0.1) is 5.52 Å². The van der Waals surface area contributed by atoms with Crippen molar-refractivity contribution in [1.82, 2.24) is 4.98 Å². The first kappa shape index (κ1) is 8.95. The lowest BCUT2D eigenvalue weighted by Crippen LogP contribution is -1.88. The smallest absolute Gasteiger partial charge is 0.0739 e. The van der Waals surface area contributed by atoms with Gasteiger partial charge in [0, 0.05) is 11.6 Å². The van der Waals surface area contributed by atoms with E-state index in [-0.39, 0.29) is 0 Å². The van der Waals surface area contributed by atoms with Crippen molar-refractivity contribution in [3.05, 3.63) is 48.2 Å². The molecule has 1 nitrogen and oxygen atoms in total. The molecule has 2 rings (SSSR count). The average molecular weight is 183 g/mol. The number of benzene rings is 1. The van der Waals surface area contributed by atoms with E-state index in [0.717, 1.165) is 17.5 Å². The molecule has 0 fully saturated rings. The molecule has 0 amide bonds.